The molecule has 0 fully saturated rings. The summed E-state index contributed by atoms with van der Waals surface area (Å²) in [5, 5.41) is 0. The maximum Gasteiger partial charge on any atom is 0.306 e. The minimum Gasteiger partial charge on any atom is -0.383 e. The topological polar surface area (TPSA) is 173 Å². The maximum absolute atomic E-state index is 12.0. The molecule has 1 aliphatic rings. The van der Waals surface area contributed by atoms with Crippen molar-refractivity contribution < 1.29 is 50.4 Å². The molecule has 58 heavy (non-hydrogen) atoms. The second kappa shape index (κ2) is 15.1. The van der Waals surface area contributed by atoms with Crippen LogP contribution in [0, 0.1) is 0 Å². The maximum atomic E-state index is 12.0. The molecule has 0 bridgehead atoms. The van der Waals surface area contributed by atoms with Gasteiger partial charge in [0.05, 0.1) is 41.3 Å². The third-order valence-corrected chi connectivity index (χ3v) is 13.1. The normalized spacial score (nSPS) is 13.7. The van der Waals surface area contributed by atoms with Gasteiger partial charge >= 0.3 is 40.5 Å². The van der Waals surface area contributed by atoms with E-state index in [4.69, 9.17) is 16.7 Å². The van der Waals surface area contributed by atoms with Crippen LogP contribution in [0.15, 0.2) is 154 Å². The average molecular weight is 880 g/mol. The number of rotatable bonds is 13. The molecular weight excluding hydrogens is 845 g/mol. The molecule has 0 amide bonds. The average Bonchev–Trinajstić information content (AvgIpc) is 3.42. The summed E-state index contributed by atoms with van der Waals surface area (Å²) >= 11 is 0. The van der Waals surface area contributed by atoms with Crippen LogP contribution in [0.5, 0.6) is 23.0 Å². The SMILES string of the molecule is CS(=O)(=O)Oc1ccc([S+](c2ccc(OS(C)(=O)=O)cc2)c2ccc3c(c2)-c2ccccc2C3(c2ccc(OS(C)(=O)=O)cc2)c2ccc(OS(C)(=O)=O)cc2)cc1. The van der Waals surface area contributed by atoms with Crippen LogP contribution in [0.1, 0.15) is 22.3 Å². The molecule has 0 atom stereocenters. The van der Waals surface area contributed by atoms with Crippen LogP contribution in [0.25, 0.3) is 11.1 Å². The lowest BCUT2D eigenvalue weighted by Crippen LogP contribution is -2.28. The first-order chi connectivity index (χ1) is 27.2. The fraction of sp³-hybridized carbons (Fsp3) is 0.122. The zero-order valence-corrected chi connectivity index (χ0v) is 35.3. The van der Waals surface area contributed by atoms with E-state index in [1.807, 2.05) is 36.4 Å². The fourth-order valence-electron chi connectivity index (χ4n) is 7.07. The Morgan fingerprint density at radius 1 is 0.379 bits per heavy atom. The van der Waals surface area contributed by atoms with Crippen molar-refractivity contribution in [3.63, 3.8) is 0 Å². The predicted molar refractivity (Wildman–Crippen MR) is 221 cm³/mol. The van der Waals surface area contributed by atoms with Gasteiger partial charge < -0.3 is 16.7 Å². The second-order valence-corrected chi connectivity index (χ2v) is 21.8. The molecule has 7 rings (SSSR count). The van der Waals surface area contributed by atoms with Crippen molar-refractivity contribution >= 4 is 51.4 Å². The zero-order chi connectivity index (χ0) is 41.7. The molecule has 0 radical (unpaired) electrons. The molecule has 0 aromatic heterocycles. The lowest BCUT2D eigenvalue weighted by Gasteiger charge is -2.34. The van der Waals surface area contributed by atoms with Crippen LogP contribution >= 0.6 is 0 Å². The van der Waals surface area contributed by atoms with E-state index in [0.717, 1.165) is 73.1 Å². The Hall–Kier alpha value is -5.33. The highest BCUT2D eigenvalue weighted by molar-refractivity contribution is 7.97. The van der Waals surface area contributed by atoms with E-state index in [0.29, 0.717) is 0 Å². The zero-order valence-electron chi connectivity index (χ0n) is 31.2. The summed E-state index contributed by atoms with van der Waals surface area (Å²) in [5.74, 6) is 0.538. The van der Waals surface area contributed by atoms with Gasteiger partial charge in [-0.05, 0) is 112 Å². The van der Waals surface area contributed by atoms with Gasteiger partial charge in [0.1, 0.15) is 23.0 Å². The molecule has 0 saturated heterocycles. The molecule has 6 aromatic rings. The summed E-state index contributed by atoms with van der Waals surface area (Å²) in [6, 6.07) is 40.9. The van der Waals surface area contributed by atoms with Crippen LogP contribution in [0.3, 0.4) is 0 Å². The third kappa shape index (κ3) is 8.88. The molecule has 0 unspecified atom stereocenters. The Morgan fingerprint density at radius 2 is 0.707 bits per heavy atom. The lowest BCUT2D eigenvalue weighted by atomic mass is 9.68. The van der Waals surface area contributed by atoms with Gasteiger partial charge in [-0.25, -0.2) is 0 Å². The van der Waals surface area contributed by atoms with E-state index in [1.54, 1.807) is 97.1 Å². The quantitative estimate of drug-likeness (QED) is 0.0911. The Morgan fingerprint density at radius 3 is 1.09 bits per heavy atom. The van der Waals surface area contributed by atoms with Gasteiger partial charge in [0.15, 0.2) is 14.7 Å². The Kier molecular flexibility index (Phi) is 10.6. The largest absolute Gasteiger partial charge is 0.383 e. The smallest absolute Gasteiger partial charge is 0.306 e. The van der Waals surface area contributed by atoms with E-state index >= 15 is 0 Å². The molecule has 0 aliphatic heterocycles. The van der Waals surface area contributed by atoms with E-state index in [-0.39, 0.29) is 23.0 Å². The first-order valence-corrected chi connectivity index (χ1v) is 25.7. The van der Waals surface area contributed by atoms with Crippen LogP contribution in [0.4, 0.5) is 0 Å². The van der Waals surface area contributed by atoms with Gasteiger partial charge in [0, 0.05) is 6.07 Å². The van der Waals surface area contributed by atoms with Crippen LogP contribution < -0.4 is 16.7 Å². The van der Waals surface area contributed by atoms with Crippen molar-refractivity contribution in [2.75, 3.05) is 25.0 Å². The van der Waals surface area contributed by atoms with Gasteiger partial charge in [-0.3, -0.25) is 0 Å². The van der Waals surface area contributed by atoms with Crippen molar-refractivity contribution in [2.24, 2.45) is 0 Å². The number of hydrogen-bond donors (Lipinski definition) is 0. The molecule has 0 spiro atoms. The van der Waals surface area contributed by atoms with Gasteiger partial charge in [-0.2, -0.15) is 33.7 Å². The van der Waals surface area contributed by atoms with Crippen molar-refractivity contribution in [2.45, 2.75) is 20.1 Å². The first kappa shape index (κ1) is 40.9. The molecule has 0 N–H and O–H groups in total. The molecule has 12 nitrogen and oxygen atoms in total. The van der Waals surface area contributed by atoms with E-state index in [9.17, 15) is 33.7 Å². The fourth-order valence-corrected chi connectivity index (χ4v) is 11.0. The van der Waals surface area contributed by atoms with Crippen LogP contribution in [-0.2, 0) is 56.8 Å². The minimum atomic E-state index is -3.80. The number of hydrogen-bond acceptors (Lipinski definition) is 12. The molecule has 6 aromatic carbocycles. The molecular formula is C41H35O12S5+. The third-order valence-electron chi connectivity index (χ3n) is 8.94. The Bertz CT molecular complexity index is 2810. The summed E-state index contributed by atoms with van der Waals surface area (Å²) in [7, 11) is -16.0. The Labute approximate surface area is 340 Å². The number of fused-ring (bicyclic) bond motifs is 3. The number of benzene rings is 6. The van der Waals surface area contributed by atoms with Crippen molar-refractivity contribution in [1.82, 2.24) is 0 Å². The second-order valence-electron chi connectivity index (χ2n) is 13.5. The van der Waals surface area contributed by atoms with Gasteiger partial charge in [-0.15, -0.1) is 0 Å². The molecule has 0 saturated carbocycles. The Balaban J connectivity index is 1.44. The van der Waals surface area contributed by atoms with Crippen molar-refractivity contribution in [1.29, 1.82) is 0 Å². The minimum absolute atomic E-state index is 0.130. The standard InChI is InChI=1S/C41H35O12S5/c1-55(42,43)50-30-13-9-28(10-14-30)41(29-11-15-31(16-12-29)51-56(2,44)45)39-8-6-5-7-37(39)38-27-36(25-26-40(38)41)54(34-21-17-32(18-22-34)52-57(3,46)47)35-23-19-33(20-24-35)53-58(4,48)49/h5-27H,1-4H3/q+1. The molecule has 17 heteroatoms. The summed E-state index contributed by atoms with van der Waals surface area (Å²) in [6.07, 6.45) is 3.85. The van der Waals surface area contributed by atoms with Gasteiger partial charge in [0.2, 0.25) is 0 Å². The highest BCUT2D eigenvalue weighted by Gasteiger charge is 2.47. The summed E-state index contributed by atoms with van der Waals surface area (Å²) in [6.45, 7) is 0. The van der Waals surface area contributed by atoms with Crippen LogP contribution in [0.2, 0.25) is 0 Å². The summed E-state index contributed by atoms with van der Waals surface area (Å²) < 4.78 is 116. The van der Waals surface area contributed by atoms with E-state index in [1.165, 1.54) is 0 Å². The van der Waals surface area contributed by atoms with E-state index < -0.39 is 56.8 Å². The first-order valence-electron chi connectivity index (χ1n) is 17.2. The van der Waals surface area contributed by atoms with Crippen molar-refractivity contribution in [3.05, 3.63) is 162 Å². The molecule has 1 aliphatic carbocycles. The summed E-state index contributed by atoms with van der Waals surface area (Å²) in [5.41, 5.74) is 4.11. The highest BCUT2D eigenvalue weighted by atomic mass is 32.2. The summed E-state index contributed by atoms with van der Waals surface area (Å²) in [4.78, 5) is 2.47. The molecule has 0 heterocycles. The predicted octanol–water partition coefficient (Wildman–Crippen LogP) is 6.50. The lowest BCUT2D eigenvalue weighted by molar-refractivity contribution is 0.490. The highest BCUT2D eigenvalue weighted by Crippen LogP contribution is 2.57. The van der Waals surface area contributed by atoms with Crippen molar-refractivity contribution in [3.8, 4) is 34.1 Å². The van der Waals surface area contributed by atoms with E-state index in [2.05, 4.69) is 6.07 Å². The molecule has 300 valence electrons. The monoisotopic (exact) mass is 879 g/mol. The van der Waals surface area contributed by atoms with Gasteiger partial charge in [0.25, 0.3) is 0 Å². The van der Waals surface area contributed by atoms with Crippen LogP contribution in [-0.4, -0.2) is 58.7 Å². The van der Waals surface area contributed by atoms with Gasteiger partial charge in [-0.1, -0.05) is 54.6 Å².